The largest absolute Gasteiger partial charge is 0.492 e. The summed E-state index contributed by atoms with van der Waals surface area (Å²) in [7, 11) is 0. The zero-order valence-electron chi connectivity index (χ0n) is 12.0. The molecule has 7 heteroatoms. The van der Waals surface area contributed by atoms with Crippen LogP contribution in [0.3, 0.4) is 0 Å². The monoisotopic (exact) mass is 305 g/mol. The molecule has 0 aliphatic carbocycles. The molecule has 0 bridgehead atoms. The zero-order valence-corrected chi connectivity index (χ0v) is 12.0. The highest BCUT2D eigenvalue weighted by Gasteiger charge is 2.16. The van der Waals surface area contributed by atoms with E-state index in [2.05, 4.69) is 10.4 Å². The molecule has 1 atom stereocenters. The van der Waals surface area contributed by atoms with Crippen LogP contribution in [0.4, 0.5) is 4.39 Å². The van der Waals surface area contributed by atoms with E-state index in [9.17, 15) is 14.0 Å². The summed E-state index contributed by atoms with van der Waals surface area (Å²) in [6, 6.07) is 7.75. The van der Waals surface area contributed by atoms with Crippen LogP contribution in [0.1, 0.15) is 13.0 Å². The van der Waals surface area contributed by atoms with Gasteiger partial charge in [-0.3, -0.25) is 9.59 Å². The fourth-order valence-electron chi connectivity index (χ4n) is 1.79. The number of ether oxygens (including phenoxy) is 1. The Hall–Kier alpha value is -2.70. The molecule has 0 aliphatic heterocycles. The maximum atomic E-state index is 12.7. The maximum absolute atomic E-state index is 12.7. The van der Waals surface area contributed by atoms with Gasteiger partial charge in [-0.05, 0) is 37.3 Å². The van der Waals surface area contributed by atoms with E-state index in [1.165, 1.54) is 42.6 Å². The van der Waals surface area contributed by atoms with Crippen molar-refractivity contribution in [1.82, 2.24) is 15.1 Å². The van der Waals surface area contributed by atoms with E-state index in [4.69, 9.17) is 4.74 Å². The number of rotatable bonds is 6. The van der Waals surface area contributed by atoms with Gasteiger partial charge in [-0.25, -0.2) is 9.07 Å². The van der Waals surface area contributed by atoms with Crippen molar-refractivity contribution in [3.8, 4) is 5.75 Å². The van der Waals surface area contributed by atoms with Crippen molar-refractivity contribution in [3.05, 3.63) is 58.8 Å². The lowest BCUT2D eigenvalue weighted by Gasteiger charge is -2.13. The maximum Gasteiger partial charge on any atom is 0.267 e. The van der Waals surface area contributed by atoms with E-state index in [0.717, 1.165) is 4.68 Å². The molecule has 1 amide bonds. The highest BCUT2D eigenvalue weighted by atomic mass is 19.1. The number of amides is 1. The van der Waals surface area contributed by atoms with Crippen LogP contribution in [0.2, 0.25) is 0 Å². The molecule has 22 heavy (non-hydrogen) atoms. The van der Waals surface area contributed by atoms with E-state index in [-0.39, 0.29) is 30.4 Å². The molecule has 116 valence electrons. The van der Waals surface area contributed by atoms with Gasteiger partial charge in [0.2, 0.25) is 5.91 Å². The number of hydrogen-bond donors (Lipinski definition) is 1. The van der Waals surface area contributed by atoms with Crippen LogP contribution in [0.25, 0.3) is 0 Å². The third kappa shape index (κ3) is 4.15. The fraction of sp³-hybridized carbons (Fsp3) is 0.267. The summed E-state index contributed by atoms with van der Waals surface area (Å²) in [5, 5.41) is 6.51. The summed E-state index contributed by atoms with van der Waals surface area (Å²) < 4.78 is 19.2. The Morgan fingerprint density at radius 1 is 1.36 bits per heavy atom. The SMILES string of the molecule is CC(C(=O)NCCOc1ccc(F)cc1)n1ncccc1=O. The minimum absolute atomic E-state index is 0.237. The molecule has 1 heterocycles. The van der Waals surface area contributed by atoms with Gasteiger partial charge in [0.25, 0.3) is 5.56 Å². The summed E-state index contributed by atoms with van der Waals surface area (Å²) in [4.78, 5) is 23.5. The van der Waals surface area contributed by atoms with E-state index in [1.807, 2.05) is 0 Å². The van der Waals surface area contributed by atoms with Gasteiger partial charge in [-0.15, -0.1) is 0 Å². The van der Waals surface area contributed by atoms with Gasteiger partial charge in [-0.1, -0.05) is 0 Å². The number of benzene rings is 1. The number of aromatic nitrogens is 2. The summed E-state index contributed by atoms with van der Waals surface area (Å²) in [5.74, 6) is -0.150. The van der Waals surface area contributed by atoms with Gasteiger partial charge < -0.3 is 10.1 Å². The van der Waals surface area contributed by atoms with Crippen molar-refractivity contribution >= 4 is 5.91 Å². The van der Waals surface area contributed by atoms with Crippen LogP contribution in [-0.2, 0) is 4.79 Å². The number of nitrogens with zero attached hydrogens (tertiary/aromatic N) is 2. The molecule has 0 fully saturated rings. The van der Waals surface area contributed by atoms with Gasteiger partial charge in [0.05, 0.1) is 6.54 Å². The van der Waals surface area contributed by atoms with E-state index < -0.39 is 6.04 Å². The lowest BCUT2D eigenvalue weighted by Crippen LogP contribution is -2.38. The number of carbonyl (C=O) groups excluding carboxylic acids is 1. The van der Waals surface area contributed by atoms with Gasteiger partial charge in [0.15, 0.2) is 0 Å². The number of halogens is 1. The topological polar surface area (TPSA) is 73.2 Å². The molecule has 0 saturated heterocycles. The second-order valence-corrected chi connectivity index (χ2v) is 4.58. The van der Waals surface area contributed by atoms with Gasteiger partial charge in [0, 0.05) is 12.3 Å². The Balaban J connectivity index is 1.79. The van der Waals surface area contributed by atoms with Crippen molar-refractivity contribution < 1.29 is 13.9 Å². The highest BCUT2D eigenvalue weighted by molar-refractivity contribution is 5.79. The van der Waals surface area contributed by atoms with Gasteiger partial charge >= 0.3 is 0 Å². The minimum Gasteiger partial charge on any atom is -0.492 e. The van der Waals surface area contributed by atoms with Crippen LogP contribution in [-0.4, -0.2) is 28.8 Å². The van der Waals surface area contributed by atoms with Crippen molar-refractivity contribution in [2.24, 2.45) is 0 Å². The van der Waals surface area contributed by atoms with Crippen molar-refractivity contribution in [1.29, 1.82) is 0 Å². The lowest BCUT2D eigenvalue weighted by molar-refractivity contribution is -0.124. The van der Waals surface area contributed by atoms with Gasteiger partial charge in [0.1, 0.15) is 24.2 Å². The molecule has 0 spiro atoms. The first-order chi connectivity index (χ1) is 10.6. The second kappa shape index (κ2) is 7.35. The van der Waals surface area contributed by atoms with Crippen LogP contribution >= 0.6 is 0 Å². The lowest BCUT2D eigenvalue weighted by atomic mass is 10.3. The average Bonchev–Trinajstić information content (AvgIpc) is 2.53. The van der Waals surface area contributed by atoms with Crippen molar-refractivity contribution in [2.45, 2.75) is 13.0 Å². The second-order valence-electron chi connectivity index (χ2n) is 4.58. The van der Waals surface area contributed by atoms with Crippen molar-refractivity contribution in [2.75, 3.05) is 13.2 Å². The number of carbonyl (C=O) groups is 1. The van der Waals surface area contributed by atoms with Crippen LogP contribution in [0.15, 0.2) is 47.4 Å². The molecule has 1 aromatic heterocycles. The summed E-state index contributed by atoms with van der Waals surface area (Å²) in [6.45, 7) is 2.09. The molecule has 0 saturated carbocycles. The smallest absolute Gasteiger partial charge is 0.267 e. The van der Waals surface area contributed by atoms with E-state index >= 15 is 0 Å². The Morgan fingerprint density at radius 2 is 2.09 bits per heavy atom. The standard InChI is InChI=1S/C15H16FN3O3/c1-11(19-14(20)3-2-8-18-19)15(21)17-9-10-22-13-6-4-12(16)5-7-13/h2-8,11H,9-10H2,1H3,(H,17,21). The number of hydrogen-bond acceptors (Lipinski definition) is 4. The minimum atomic E-state index is -0.709. The predicted octanol–water partition coefficient (Wildman–Crippen LogP) is 1.14. The highest BCUT2D eigenvalue weighted by Crippen LogP contribution is 2.10. The molecule has 1 aromatic carbocycles. The molecule has 6 nitrogen and oxygen atoms in total. The first-order valence-corrected chi connectivity index (χ1v) is 6.78. The third-order valence-corrected chi connectivity index (χ3v) is 2.97. The zero-order chi connectivity index (χ0) is 15.9. The molecular formula is C15H16FN3O3. The first-order valence-electron chi connectivity index (χ1n) is 6.78. The quantitative estimate of drug-likeness (QED) is 0.812. The Kier molecular flexibility index (Phi) is 5.24. The molecule has 0 aliphatic rings. The average molecular weight is 305 g/mol. The van der Waals surface area contributed by atoms with Crippen LogP contribution in [0, 0.1) is 5.82 Å². The third-order valence-electron chi connectivity index (χ3n) is 2.97. The summed E-state index contributed by atoms with van der Waals surface area (Å²) >= 11 is 0. The van der Waals surface area contributed by atoms with Crippen LogP contribution < -0.4 is 15.6 Å². The van der Waals surface area contributed by atoms with Crippen molar-refractivity contribution in [3.63, 3.8) is 0 Å². The Bertz CT molecular complexity index is 685. The van der Waals surface area contributed by atoms with Crippen LogP contribution in [0.5, 0.6) is 5.75 Å². The Morgan fingerprint density at radius 3 is 2.77 bits per heavy atom. The molecule has 0 radical (unpaired) electrons. The fourth-order valence-corrected chi connectivity index (χ4v) is 1.79. The van der Waals surface area contributed by atoms with Gasteiger partial charge in [-0.2, -0.15) is 5.10 Å². The predicted molar refractivity (Wildman–Crippen MR) is 78.1 cm³/mol. The molecule has 2 aromatic rings. The Labute approximate surface area is 126 Å². The van der Waals surface area contributed by atoms with E-state index in [1.54, 1.807) is 6.92 Å². The van der Waals surface area contributed by atoms with E-state index in [0.29, 0.717) is 5.75 Å². The molecule has 1 N–H and O–H groups in total. The first kappa shape index (κ1) is 15.7. The summed E-state index contributed by atoms with van der Waals surface area (Å²) in [6.07, 6.45) is 1.45. The molecule has 1 unspecified atom stereocenters. The number of nitrogens with one attached hydrogen (secondary N) is 1. The molecular weight excluding hydrogens is 289 g/mol. The normalized spacial score (nSPS) is 11.7. The molecule has 2 rings (SSSR count). The summed E-state index contributed by atoms with van der Waals surface area (Å²) in [5.41, 5.74) is -0.340.